The van der Waals surface area contributed by atoms with E-state index in [1.54, 1.807) is 0 Å². The van der Waals surface area contributed by atoms with Gasteiger partial charge in [0, 0.05) is 19.6 Å². The SMILES string of the molecule is CN(C)CCNC(=O)N1CCCC(C)(C)C1C(=O)O. The van der Waals surface area contributed by atoms with Gasteiger partial charge in [-0.3, -0.25) is 0 Å². The van der Waals surface area contributed by atoms with E-state index in [0.717, 1.165) is 19.4 Å². The highest BCUT2D eigenvalue weighted by Gasteiger charge is 2.44. The lowest BCUT2D eigenvalue weighted by Gasteiger charge is -2.43. The molecule has 1 aliphatic heterocycles. The molecule has 19 heavy (non-hydrogen) atoms. The van der Waals surface area contributed by atoms with E-state index in [9.17, 15) is 14.7 Å². The lowest BCUT2D eigenvalue weighted by molar-refractivity contribution is -0.148. The number of likely N-dealkylation sites (tertiary alicyclic amines) is 1. The molecular weight excluding hydrogens is 246 g/mol. The molecule has 1 heterocycles. The number of carbonyl (C=O) groups excluding carboxylic acids is 1. The number of urea groups is 1. The standard InChI is InChI=1S/C13H25N3O3/c1-13(2)6-5-8-16(10(13)11(17)18)12(19)14-7-9-15(3)4/h10H,5-9H2,1-4H3,(H,14,19)(H,17,18). The van der Waals surface area contributed by atoms with Crippen molar-refractivity contribution in [1.82, 2.24) is 15.1 Å². The van der Waals surface area contributed by atoms with Crippen molar-refractivity contribution in [2.45, 2.75) is 32.7 Å². The Morgan fingerprint density at radius 2 is 2.05 bits per heavy atom. The Morgan fingerprint density at radius 3 is 2.58 bits per heavy atom. The summed E-state index contributed by atoms with van der Waals surface area (Å²) >= 11 is 0. The van der Waals surface area contributed by atoms with Crippen molar-refractivity contribution in [2.75, 3.05) is 33.7 Å². The van der Waals surface area contributed by atoms with E-state index < -0.39 is 12.0 Å². The van der Waals surface area contributed by atoms with E-state index in [-0.39, 0.29) is 11.4 Å². The van der Waals surface area contributed by atoms with Crippen LogP contribution in [0.25, 0.3) is 0 Å². The van der Waals surface area contributed by atoms with Gasteiger partial charge in [-0.1, -0.05) is 13.8 Å². The summed E-state index contributed by atoms with van der Waals surface area (Å²) in [6.07, 6.45) is 1.67. The molecule has 0 radical (unpaired) electrons. The zero-order chi connectivity index (χ0) is 14.6. The topological polar surface area (TPSA) is 72.9 Å². The van der Waals surface area contributed by atoms with Crippen LogP contribution in [0.2, 0.25) is 0 Å². The number of hydrogen-bond donors (Lipinski definition) is 2. The number of hydrogen-bond acceptors (Lipinski definition) is 3. The Hall–Kier alpha value is -1.30. The lowest BCUT2D eigenvalue weighted by atomic mass is 9.76. The minimum absolute atomic E-state index is 0.276. The number of amides is 2. The normalized spacial score (nSPS) is 22.4. The summed E-state index contributed by atoms with van der Waals surface area (Å²) in [6, 6.07) is -1.03. The Balaban J connectivity index is 2.68. The number of aliphatic carboxylic acids is 1. The van der Waals surface area contributed by atoms with E-state index in [1.807, 2.05) is 32.8 Å². The molecular formula is C13H25N3O3. The molecule has 1 rings (SSSR count). The number of carbonyl (C=O) groups is 2. The average molecular weight is 271 g/mol. The zero-order valence-corrected chi connectivity index (χ0v) is 12.3. The molecule has 1 aliphatic rings. The van der Waals surface area contributed by atoms with Crippen LogP contribution in [0.15, 0.2) is 0 Å². The molecule has 1 unspecified atom stereocenters. The van der Waals surface area contributed by atoms with Crippen LogP contribution in [0.4, 0.5) is 4.79 Å². The van der Waals surface area contributed by atoms with E-state index in [4.69, 9.17) is 0 Å². The summed E-state index contributed by atoms with van der Waals surface area (Å²) in [6.45, 7) is 5.58. The fourth-order valence-electron chi connectivity index (χ4n) is 2.57. The molecule has 1 saturated heterocycles. The third-order valence-corrected chi connectivity index (χ3v) is 3.60. The smallest absolute Gasteiger partial charge is 0.327 e. The minimum atomic E-state index is -0.924. The molecule has 0 aromatic carbocycles. The maximum atomic E-state index is 12.1. The van der Waals surface area contributed by atoms with Crippen molar-refractivity contribution in [3.63, 3.8) is 0 Å². The maximum absolute atomic E-state index is 12.1. The molecule has 1 fully saturated rings. The number of piperidine rings is 1. The highest BCUT2D eigenvalue weighted by molar-refractivity contribution is 5.83. The number of likely N-dealkylation sites (N-methyl/N-ethyl adjacent to an activating group) is 1. The Morgan fingerprint density at radius 1 is 1.42 bits per heavy atom. The first-order valence-electron chi connectivity index (χ1n) is 6.68. The molecule has 2 amide bonds. The minimum Gasteiger partial charge on any atom is -0.480 e. The van der Waals surface area contributed by atoms with Gasteiger partial charge in [-0.15, -0.1) is 0 Å². The molecule has 0 aliphatic carbocycles. The van der Waals surface area contributed by atoms with E-state index in [2.05, 4.69) is 5.32 Å². The first-order chi connectivity index (χ1) is 8.75. The van der Waals surface area contributed by atoms with Crippen LogP contribution in [0.3, 0.4) is 0 Å². The lowest BCUT2D eigenvalue weighted by Crippen LogP contribution is -2.59. The Kier molecular flexibility index (Phi) is 5.17. The van der Waals surface area contributed by atoms with Gasteiger partial charge in [0.05, 0.1) is 0 Å². The number of carboxylic acid groups (broad SMARTS) is 1. The summed E-state index contributed by atoms with van der Waals surface area (Å²) < 4.78 is 0. The van der Waals surface area contributed by atoms with Crippen LogP contribution in [0, 0.1) is 5.41 Å². The van der Waals surface area contributed by atoms with Crippen molar-refractivity contribution in [1.29, 1.82) is 0 Å². The summed E-state index contributed by atoms with van der Waals surface area (Å²) in [5.41, 5.74) is -0.386. The summed E-state index contributed by atoms with van der Waals surface area (Å²) in [4.78, 5) is 27.0. The molecule has 0 aromatic heterocycles. The van der Waals surface area contributed by atoms with Crippen molar-refractivity contribution in [3.05, 3.63) is 0 Å². The number of carboxylic acids is 1. The third-order valence-electron chi connectivity index (χ3n) is 3.60. The van der Waals surface area contributed by atoms with Gasteiger partial charge in [0.2, 0.25) is 0 Å². The molecule has 0 bridgehead atoms. The Labute approximate surface area is 114 Å². The summed E-state index contributed by atoms with van der Waals surface area (Å²) in [7, 11) is 3.85. The van der Waals surface area contributed by atoms with Gasteiger partial charge in [0.1, 0.15) is 6.04 Å². The van der Waals surface area contributed by atoms with Crippen LogP contribution in [-0.2, 0) is 4.79 Å². The molecule has 0 spiro atoms. The fraction of sp³-hybridized carbons (Fsp3) is 0.846. The van der Waals surface area contributed by atoms with Crippen molar-refractivity contribution in [2.24, 2.45) is 5.41 Å². The second-order valence-electron chi connectivity index (χ2n) is 6.06. The molecule has 2 N–H and O–H groups in total. The number of nitrogens with zero attached hydrogens (tertiary/aromatic N) is 2. The summed E-state index contributed by atoms with van der Waals surface area (Å²) in [5, 5.41) is 12.2. The Bertz CT molecular complexity index is 342. The van der Waals surface area contributed by atoms with E-state index >= 15 is 0 Å². The second kappa shape index (κ2) is 6.23. The predicted octanol–water partition coefficient (Wildman–Crippen LogP) is 0.833. The molecule has 1 atom stereocenters. The zero-order valence-electron chi connectivity index (χ0n) is 12.3. The largest absolute Gasteiger partial charge is 0.480 e. The van der Waals surface area contributed by atoms with Gasteiger partial charge in [-0.2, -0.15) is 0 Å². The summed E-state index contributed by atoms with van der Waals surface area (Å²) in [5.74, 6) is -0.924. The maximum Gasteiger partial charge on any atom is 0.327 e. The van der Waals surface area contributed by atoms with Crippen LogP contribution in [-0.4, -0.2) is 66.7 Å². The number of rotatable bonds is 4. The first kappa shape index (κ1) is 15.8. The molecule has 6 nitrogen and oxygen atoms in total. The van der Waals surface area contributed by atoms with Crippen LogP contribution in [0.5, 0.6) is 0 Å². The molecule has 0 saturated carbocycles. The predicted molar refractivity (Wildman–Crippen MR) is 73.1 cm³/mol. The first-order valence-corrected chi connectivity index (χ1v) is 6.68. The fourth-order valence-corrected chi connectivity index (χ4v) is 2.57. The van der Waals surface area contributed by atoms with Gasteiger partial charge in [-0.05, 0) is 32.4 Å². The average Bonchev–Trinajstić information content (AvgIpc) is 2.25. The highest BCUT2D eigenvalue weighted by atomic mass is 16.4. The van der Waals surface area contributed by atoms with E-state index in [1.165, 1.54) is 4.90 Å². The van der Waals surface area contributed by atoms with Gasteiger partial charge in [0.15, 0.2) is 0 Å². The van der Waals surface area contributed by atoms with Gasteiger partial charge >= 0.3 is 12.0 Å². The second-order valence-corrected chi connectivity index (χ2v) is 6.06. The molecule has 110 valence electrons. The van der Waals surface area contributed by atoms with Crippen LogP contribution in [0.1, 0.15) is 26.7 Å². The van der Waals surface area contributed by atoms with Crippen LogP contribution >= 0.6 is 0 Å². The van der Waals surface area contributed by atoms with Gasteiger partial charge in [-0.25, -0.2) is 9.59 Å². The van der Waals surface area contributed by atoms with Gasteiger partial charge in [0.25, 0.3) is 0 Å². The number of nitrogens with one attached hydrogen (secondary N) is 1. The van der Waals surface area contributed by atoms with Gasteiger partial charge < -0.3 is 20.2 Å². The molecule has 6 heteroatoms. The van der Waals surface area contributed by atoms with Crippen molar-refractivity contribution in [3.8, 4) is 0 Å². The quantitative estimate of drug-likeness (QED) is 0.794. The monoisotopic (exact) mass is 271 g/mol. The van der Waals surface area contributed by atoms with Crippen LogP contribution < -0.4 is 5.32 Å². The molecule has 0 aromatic rings. The van der Waals surface area contributed by atoms with Crippen molar-refractivity contribution < 1.29 is 14.7 Å². The highest BCUT2D eigenvalue weighted by Crippen LogP contribution is 2.35. The third kappa shape index (κ3) is 4.09. The van der Waals surface area contributed by atoms with Crippen molar-refractivity contribution >= 4 is 12.0 Å². The van der Waals surface area contributed by atoms with E-state index in [0.29, 0.717) is 13.1 Å².